The molecule has 1 heterocycles. The van der Waals surface area contributed by atoms with Crippen molar-refractivity contribution in [2.45, 2.75) is 6.18 Å². The lowest BCUT2D eigenvalue weighted by Crippen LogP contribution is -2.07. The molecule has 92 valence electrons. The first kappa shape index (κ1) is 12.2. The van der Waals surface area contributed by atoms with E-state index < -0.39 is 17.5 Å². The van der Waals surface area contributed by atoms with Gasteiger partial charge in [0.25, 0.3) is 0 Å². The van der Waals surface area contributed by atoms with Gasteiger partial charge in [0.05, 0.1) is 11.8 Å². The van der Waals surface area contributed by atoms with Crippen LogP contribution in [0.5, 0.6) is 0 Å². The SMILES string of the molecule is O=C(c1ccc(C(F)(F)F)cc1)c1cnccn1. The summed E-state index contributed by atoms with van der Waals surface area (Å²) in [5, 5.41) is 0. The molecule has 0 radical (unpaired) electrons. The molecule has 0 amide bonds. The molecule has 0 N–H and O–H groups in total. The minimum absolute atomic E-state index is 0.0947. The van der Waals surface area contributed by atoms with E-state index >= 15 is 0 Å². The molecule has 0 saturated carbocycles. The molecule has 18 heavy (non-hydrogen) atoms. The van der Waals surface area contributed by atoms with Gasteiger partial charge in [-0.15, -0.1) is 0 Å². The van der Waals surface area contributed by atoms with Gasteiger partial charge in [0.15, 0.2) is 0 Å². The maximum Gasteiger partial charge on any atom is 0.416 e. The van der Waals surface area contributed by atoms with Crippen molar-refractivity contribution >= 4 is 5.78 Å². The summed E-state index contributed by atoms with van der Waals surface area (Å²) in [6, 6.07) is 3.98. The third kappa shape index (κ3) is 2.53. The quantitative estimate of drug-likeness (QED) is 0.772. The van der Waals surface area contributed by atoms with Crippen LogP contribution in [-0.4, -0.2) is 15.8 Å². The van der Waals surface area contributed by atoms with Gasteiger partial charge in [-0.25, -0.2) is 4.98 Å². The standard InChI is InChI=1S/C12H7F3N2O/c13-12(14,15)9-3-1-8(2-4-9)11(18)10-7-16-5-6-17-10/h1-7H. The molecule has 0 fully saturated rings. The van der Waals surface area contributed by atoms with Crippen LogP contribution in [0.1, 0.15) is 21.6 Å². The summed E-state index contributed by atoms with van der Waals surface area (Å²) >= 11 is 0. The summed E-state index contributed by atoms with van der Waals surface area (Å²) in [6.07, 6.45) is -0.394. The van der Waals surface area contributed by atoms with Crippen LogP contribution in [0.2, 0.25) is 0 Å². The third-order valence-electron chi connectivity index (χ3n) is 2.27. The number of alkyl halides is 3. The minimum atomic E-state index is -4.41. The third-order valence-corrected chi connectivity index (χ3v) is 2.27. The number of carbonyl (C=O) groups excluding carboxylic acids is 1. The van der Waals surface area contributed by atoms with E-state index in [4.69, 9.17) is 0 Å². The monoisotopic (exact) mass is 252 g/mol. The predicted octanol–water partition coefficient (Wildman–Crippen LogP) is 2.73. The summed E-state index contributed by atoms with van der Waals surface area (Å²) < 4.78 is 37.0. The second kappa shape index (κ2) is 4.56. The van der Waals surface area contributed by atoms with E-state index in [2.05, 4.69) is 9.97 Å². The van der Waals surface area contributed by atoms with Gasteiger partial charge < -0.3 is 0 Å². The van der Waals surface area contributed by atoms with Crippen LogP contribution in [-0.2, 0) is 6.18 Å². The van der Waals surface area contributed by atoms with Crippen molar-refractivity contribution in [2.75, 3.05) is 0 Å². The average Bonchev–Trinajstić information content (AvgIpc) is 2.38. The van der Waals surface area contributed by atoms with Gasteiger partial charge in [0, 0.05) is 18.0 Å². The Morgan fingerprint density at radius 3 is 2.22 bits per heavy atom. The Hall–Kier alpha value is -2.24. The molecule has 1 aromatic heterocycles. The Morgan fingerprint density at radius 1 is 1.06 bits per heavy atom. The van der Waals surface area contributed by atoms with Gasteiger partial charge in [-0.1, -0.05) is 12.1 Å². The lowest BCUT2D eigenvalue weighted by atomic mass is 10.1. The van der Waals surface area contributed by atoms with Crippen molar-refractivity contribution in [1.29, 1.82) is 0 Å². The number of rotatable bonds is 2. The second-order valence-corrected chi connectivity index (χ2v) is 3.49. The van der Waals surface area contributed by atoms with E-state index in [0.717, 1.165) is 24.3 Å². The first-order valence-electron chi connectivity index (χ1n) is 4.96. The number of ketones is 1. The fraction of sp³-hybridized carbons (Fsp3) is 0.0833. The zero-order valence-corrected chi connectivity index (χ0v) is 8.98. The van der Waals surface area contributed by atoms with Crippen molar-refractivity contribution in [3.8, 4) is 0 Å². The van der Waals surface area contributed by atoms with Crippen molar-refractivity contribution in [3.05, 3.63) is 59.7 Å². The fourth-order valence-corrected chi connectivity index (χ4v) is 1.37. The summed E-state index contributed by atoms with van der Waals surface area (Å²) in [4.78, 5) is 19.3. The van der Waals surface area contributed by atoms with Crippen molar-refractivity contribution < 1.29 is 18.0 Å². The van der Waals surface area contributed by atoms with Crippen molar-refractivity contribution in [3.63, 3.8) is 0 Å². The molecule has 2 rings (SSSR count). The van der Waals surface area contributed by atoms with Gasteiger partial charge in [-0.05, 0) is 12.1 Å². The van der Waals surface area contributed by atoms with E-state index in [0.29, 0.717) is 0 Å². The molecule has 3 nitrogen and oxygen atoms in total. The maximum atomic E-state index is 12.3. The Bertz CT molecular complexity index is 550. The highest BCUT2D eigenvalue weighted by Gasteiger charge is 2.30. The molecule has 0 atom stereocenters. The van der Waals surface area contributed by atoms with Crippen molar-refractivity contribution in [1.82, 2.24) is 9.97 Å². The molecule has 0 bridgehead atoms. The van der Waals surface area contributed by atoms with Crippen LogP contribution >= 0.6 is 0 Å². The van der Waals surface area contributed by atoms with E-state index in [9.17, 15) is 18.0 Å². The van der Waals surface area contributed by atoms with Gasteiger partial charge in [0.2, 0.25) is 5.78 Å². The summed E-state index contributed by atoms with van der Waals surface area (Å²) in [5.74, 6) is -0.461. The number of nitrogens with zero attached hydrogens (tertiary/aromatic N) is 2. The number of halogens is 3. The predicted molar refractivity (Wildman–Crippen MR) is 56.9 cm³/mol. The summed E-state index contributed by atoms with van der Waals surface area (Å²) in [5.41, 5.74) is -0.557. The molecule has 6 heteroatoms. The van der Waals surface area contributed by atoms with Gasteiger partial charge >= 0.3 is 6.18 Å². The Balaban J connectivity index is 2.28. The summed E-state index contributed by atoms with van der Waals surface area (Å²) in [7, 11) is 0. The first-order valence-corrected chi connectivity index (χ1v) is 4.96. The van der Waals surface area contributed by atoms with Crippen LogP contribution in [0.3, 0.4) is 0 Å². The normalized spacial score (nSPS) is 11.3. The van der Waals surface area contributed by atoms with E-state index in [1.165, 1.54) is 18.6 Å². The second-order valence-electron chi connectivity index (χ2n) is 3.49. The van der Waals surface area contributed by atoms with Crippen LogP contribution in [0.4, 0.5) is 13.2 Å². The first-order chi connectivity index (χ1) is 8.48. The zero-order valence-electron chi connectivity index (χ0n) is 8.98. The molecule has 0 spiro atoms. The Kier molecular flexibility index (Phi) is 3.10. The molecule has 0 aliphatic heterocycles. The highest BCUT2D eigenvalue weighted by atomic mass is 19.4. The Labute approximate surface area is 100 Å². The average molecular weight is 252 g/mol. The molecule has 2 aromatic rings. The van der Waals surface area contributed by atoms with Crippen molar-refractivity contribution in [2.24, 2.45) is 0 Å². The highest BCUT2D eigenvalue weighted by molar-refractivity contribution is 6.07. The smallest absolute Gasteiger partial charge is 0.287 e. The van der Waals surface area contributed by atoms with Crippen LogP contribution in [0.15, 0.2) is 42.9 Å². The van der Waals surface area contributed by atoms with Crippen LogP contribution in [0.25, 0.3) is 0 Å². The molecule has 0 saturated heterocycles. The lowest BCUT2D eigenvalue weighted by molar-refractivity contribution is -0.137. The van der Waals surface area contributed by atoms with Gasteiger partial charge in [-0.3, -0.25) is 9.78 Å². The topological polar surface area (TPSA) is 42.9 Å². The number of aromatic nitrogens is 2. The van der Waals surface area contributed by atoms with Crippen LogP contribution in [0, 0.1) is 0 Å². The molecule has 0 aliphatic rings. The minimum Gasteiger partial charge on any atom is -0.287 e. The van der Waals surface area contributed by atoms with Gasteiger partial charge in [0.1, 0.15) is 5.69 Å². The lowest BCUT2D eigenvalue weighted by Gasteiger charge is -2.06. The number of carbonyl (C=O) groups is 1. The van der Waals surface area contributed by atoms with Crippen LogP contribution < -0.4 is 0 Å². The van der Waals surface area contributed by atoms with E-state index in [-0.39, 0.29) is 11.3 Å². The molecule has 0 aliphatic carbocycles. The maximum absolute atomic E-state index is 12.3. The molecular weight excluding hydrogens is 245 g/mol. The number of hydrogen-bond donors (Lipinski definition) is 0. The highest BCUT2D eigenvalue weighted by Crippen LogP contribution is 2.29. The molecular formula is C12H7F3N2O. The number of hydrogen-bond acceptors (Lipinski definition) is 3. The van der Waals surface area contributed by atoms with E-state index in [1.807, 2.05) is 0 Å². The molecule has 1 aromatic carbocycles. The molecule has 0 unspecified atom stereocenters. The summed E-state index contributed by atoms with van der Waals surface area (Å²) in [6.45, 7) is 0. The van der Waals surface area contributed by atoms with E-state index in [1.54, 1.807) is 0 Å². The largest absolute Gasteiger partial charge is 0.416 e. The fourth-order valence-electron chi connectivity index (χ4n) is 1.37. The number of benzene rings is 1. The van der Waals surface area contributed by atoms with Gasteiger partial charge in [-0.2, -0.15) is 13.2 Å². The zero-order chi connectivity index (χ0) is 13.2. The Morgan fingerprint density at radius 2 is 1.72 bits per heavy atom.